The number of carbonyl (C=O) groups is 2. The molecule has 1 aromatic carbocycles. The minimum Gasteiger partial charge on any atom is -0.495 e. The van der Waals surface area contributed by atoms with Gasteiger partial charge in [-0.15, -0.1) is 0 Å². The van der Waals surface area contributed by atoms with E-state index in [1.165, 1.54) is 0 Å². The molecular formula is C20H26N2O4. The first-order valence-corrected chi connectivity index (χ1v) is 9.49. The van der Waals surface area contributed by atoms with Crippen molar-refractivity contribution in [3.63, 3.8) is 0 Å². The lowest BCUT2D eigenvalue weighted by molar-refractivity contribution is -0.153. The second kappa shape index (κ2) is 6.82. The van der Waals surface area contributed by atoms with Crippen molar-refractivity contribution in [2.45, 2.75) is 19.3 Å². The summed E-state index contributed by atoms with van der Waals surface area (Å²) in [5.41, 5.74) is 1.05. The van der Waals surface area contributed by atoms with Crippen LogP contribution in [0.4, 0.5) is 5.69 Å². The summed E-state index contributed by atoms with van der Waals surface area (Å²) in [6.45, 7) is 2.75. The zero-order chi connectivity index (χ0) is 18.3. The molecule has 0 aromatic heterocycles. The van der Waals surface area contributed by atoms with E-state index in [0.717, 1.165) is 43.8 Å². The van der Waals surface area contributed by atoms with Gasteiger partial charge in [-0.3, -0.25) is 9.59 Å². The number of hydrogen-bond acceptors (Lipinski definition) is 4. The summed E-state index contributed by atoms with van der Waals surface area (Å²) in [6, 6.07) is 7.91. The highest BCUT2D eigenvalue weighted by Gasteiger charge is 2.54. The van der Waals surface area contributed by atoms with E-state index in [-0.39, 0.29) is 23.7 Å². The largest absolute Gasteiger partial charge is 0.495 e. The molecule has 140 valence electrons. The van der Waals surface area contributed by atoms with E-state index in [4.69, 9.17) is 4.74 Å². The molecule has 1 N–H and O–H groups in total. The quantitative estimate of drug-likeness (QED) is 0.892. The molecule has 2 bridgehead atoms. The number of ether oxygens (including phenoxy) is 1. The third kappa shape index (κ3) is 2.81. The summed E-state index contributed by atoms with van der Waals surface area (Å²) in [5, 5.41) is 9.61. The number of amides is 1. The van der Waals surface area contributed by atoms with Crippen LogP contribution < -0.4 is 9.64 Å². The lowest BCUT2D eigenvalue weighted by atomic mass is 9.78. The second-order valence-corrected chi connectivity index (χ2v) is 7.71. The Labute approximate surface area is 153 Å². The fourth-order valence-corrected chi connectivity index (χ4v) is 5.27. The summed E-state index contributed by atoms with van der Waals surface area (Å²) < 4.78 is 5.44. The Morgan fingerprint density at radius 3 is 2.35 bits per heavy atom. The van der Waals surface area contributed by atoms with Gasteiger partial charge in [-0.2, -0.15) is 0 Å². The number of methoxy groups -OCH3 is 1. The van der Waals surface area contributed by atoms with Crippen LogP contribution in [0, 0.1) is 23.7 Å². The van der Waals surface area contributed by atoms with Gasteiger partial charge in [0, 0.05) is 26.2 Å². The molecule has 1 heterocycles. The van der Waals surface area contributed by atoms with E-state index in [1.807, 2.05) is 29.2 Å². The molecule has 1 aliphatic heterocycles. The van der Waals surface area contributed by atoms with Crippen molar-refractivity contribution in [2.75, 3.05) is 38.2 Å². The number of carboxylic acid groups (broad SMARTS) is 1. The predicted octanol–water partition coefficient (Wildman–Crippen LogP) is 2.09. The van der Waals surface area contributed by atoms with Gasteiger partial charge in [0.25, 0.3) is 0 Å². The monoisotopic (exact) mass is 358 g/mol. The average molecular weight is 358 g/mol. The Balaban J connectivity index is 1.43. The standard InChI is InChI=1S/C20H26N2O4/c1-26-16-5-3-2-4-15(16)21-8-10-22(11-9-21)19(23)17-13-6-7-14(12-13)18(17)20(24)25/h2-5,13-14,17-18H,6-12H2,1H3,(H,24,25)/t13-,14+,17+,18+/m1/s1. The highest BCUT2D eigenvalue weighted by Crippen LogP contribution is 2.53. The van der Waals surface area contributed by atoms with Crippen molar-refractivity contribution in [3.8, 4) is 5.75 Å². The number of para-hydroxylation sites is 2. The van der Waals surface area contributed by atoms with Crippen LogP contribution in [0.1, 0.15) is 19.3 Å². The van der Waals surface area contributed by atoms with Gasteiger partial charge in [0.1, 0.15) is 5.75 Å². The van der Waals surface area contributed by atoms with Crippen molar-refractivity contribution >= 4 is 17.6 Å². The SMILES string of the molecule is COc1ccccc1N1CCN(C(=O)[C@H]2[C@@H]3CC[C@@H](C3)[C@@H]2C(=O)O)CC1. The van der Waals surface area contributed by atoms with Crippen molar-refractivity contribution in [3.05, 3.63) is 24.3 Å². The number of aliphatic carboxylic acids is 1. The van der Waals surface area contributed by atoms with Gasteiger partial charge in [-0.1, -0.05) is 12.1 Å². The summed E-state index contributed by atoms with van der Waals surface area (Å²) in [5.74, 6) is -0.224. The molecule has 1 amide bonds. The highest BCUT2D eigenvalue weighted by atomic mass is 16.5. The first-order valence-electron chi connectivity index (χ1n) is 9.49. The second-order valence-electron chi connectivity index (χ2n) is 7.71. The van der Waals surface area contributed by atoms with Crippen molar-refractivity contribution in [1.82, 2.24) is 4.90 Å². The highest BCUT2D eigenvalue weighted by molar-refractivity contribution is 5.86. The molecule has 3 fully saturated rings. The van der Waals surface area contributed by atoms with Gasteiger partial charge >= 0.3 is 5.97 Å². The van der Waals surface area contributed by atoms with Crippen LogP contribution >= 0.6 is 0 Å². The summed E-state index contributed by atoms with van der Waals surface area (Å²) in [6.07, 6.45) is 2.88. The van der Waals surface area contributed by atoms with Crippen LogP contribution in [-0.4, -0.2) is 55.2 Å². The number of fused-ring (bicyclic) bond motifs is 2. The molecule has 1 saturated heterocycles. The van der Waals surface area contributed by atoms with Crippen LogP contribution in [0.25, 0.3) is 0 Å². The third-order valence-electron chi connectivity index (χ3n) is 6.50. The van der Waals surface area contributed by atoms with E-state index in [2.05, 4.69) is 4.90 Å². The van der Waals surface area contributed by atoms with E-state index >= 15 is 0 Å². The molecule has 2 aliphatic carbocycles. The smallest absolute Gasteiger partial charge is 0.307 e. The van der Waals surface area contributed by atoms with Gasteiger partial charge in [0.15, 0.2) is 0 Å². The molecular weight excluding hydrogens is 332 g/mol. The molecule has 3 aliphatic rings. The number of rotatable bonds is 4. The first kappa shape index (κ1) is 17.2. The lowest BCUT2D eigenvalue weighted by Crippen LogP contribution is -2.52. The molecule has 6 nitrogen and oxygen atoms in total. The molecule has 2 saturated carbocycles. The summed E-state index contributed by atoms with van der Waals surface area (Å²) in [7, 11) is 1.67. The number of hydrogen-bond donors (Lipinski definition) is 1. The molecule has 1 aromatic rings. The molecule has 4 atom stereocenters. The Hall–Kier alpha value is -2.24. The van der Waals surface area contributed by atoms with Gasteiger partial charge < -0.3 is 19.6 Å². The zero-order valence-electron chi connectivity index (χ0n) is 15.1. The first-order chi connectivity index (χ1) is 12.6. The number of benzene rings is 1. The van der Waals surface area contributed by atoms with Crippen LogP contribution in [0.2, 0.25) is 0 Å². The van der Waals surface area contributed by atoms with Crippen molar-refractivity contribution in [2.24, 2.45) is 23.7 Å². The molecule has 0 unspecified atom stereocenters. The number of anilines is 1. The van der Waals surface area contributed by atoms with Crippen LogP contribution in [0.3, 0.4) is 0 Å². The number of carboxylic acids is 1. The maximum Gasteiger partial charge on any atom is 0.307 e. The fraction of sp³-hybridized carbons (Fsp3) is 0.600. The topological polar surface area (TPSA) is 70.1 Å². The van der Waals surface area contributed by atoms with E-state index in [9.17, 15) is 14.7 Å². The number of piperazine rings is 1. The van der Waals surface area contributed by atoms with E-state index in [1.54, 1.807) is 7.11 Å². The lowest BCUT2D eigenvalue weighted by Gasteiger charge is -2.39. The third-order valence-corrected chi connectivity index (χ3v) is 6.50. The molecule has 0 spiro atoms. The predicted molar refractivity (Wildman–Crippen MR) is 97.2 cm³/mol. The Kier molecular flexibility index (Phi) is 4.51. The van der Waals surface area contributed by atoms with Crippen LogP contribution in [0.5, 0.6) is 5.75 Å². The summed E-state index contributed by atoms with van der Waals surface area (Å²) in [4.78, 5) is 28.9. The molecule has 0 radical (unpaired) electrons. The number of nitrogens with zero attached hydrogens (tertiary/aromatic N) is 2. The molecule has 6 heteroatoms. The van der Waals surface area contributed by atoms with Crippen molar-refractivity contribution < 1.29 is 19.4 Å². The maximum atomic E-state index is 13.1. The van der Waals surface area contributed by atoms with Gasteiger partial charge in [0.05, 0.1) is 24.6 Å². The summed E-state index contributed by atoms with van der Waals surface area (Å²) >= 11 is 0. The van der Waals surface area contributed by atoms with E-state index < -0.39 is 11.9 Å². The van der Waals surface area contributed by atoms with E-state index in [0.29, 0.717) is 13.1 Å². The Morgan fingerprint density at radius 1 is 1.04 bits per heavy atom. The normalized spacial score (nSPS) is 30.5. The van der Waals surface area contributed by atoms with Gasteiger partial charge in [-0.25, -0.2) is 0 Å². The average Bonchev–Trinajstić information content (AvgIpc) is 3.29. The molecule has 26 heavy (non-hydrogen) atoms. The van der Waals surface area contributed by atoms with Gasteiger partial charge in [0.2, 0.25) is 5.91 Å². The molecule has 4 rings (SSSR count). The van der Waals surface area contributed by atoms with Crippen LogP contribution in [-0.2, 0) is 9.59 Å². The minimum atomic E-state index is -0.789. The fourth-order valence-electron chi connectivity index (χ4n) is 5.27. The Bertz CT molecular complexity index is 699. The van der Waals surface area contributed by atoms with Crippen LogP contribution in [0.15, 0.2) is 24.3 Å². The maximum absolute atomic E-state index is 13.1. The Morgan fingerprint density at radius 2 is 1.69 bits per heavy atom. The van der Waals surface area contributed by atoms with Crippen molar-refractivity contribution in [1.29, 1.82) is 0 Å². The minimum absolute atomic E-state index is 0.0595. The van der Waals surface area contributed by atoms with Gasteiger partial charge in [-0.05, 0) is 43.2 Å². The zero-order valence-corrected chi connectivity index (χ0v) is 15.1. The number of carbonyl (C=O) groups excluding carboxylic acids is 1.